The third-order valence-electron chi connectivity index (χ3n) is 3.54. The number of hydrogen-bond acceptors (Lipinski definition) is 4. The molecule has 17 heavy (non-hydrogen) atoms. The molecule has 2 heterocycles. The van der Waals surface area contributed by atoms with Crippen LogP contribution in [0.3, 0.4) is 0 Å². The largest absolute Gasteiger partial charge is 0.355 e. The molecule has 0 aromatic carbocycles. The first-order chi connectivity index (χ1) is 8.36. The number of piperidine rings is 1. The highest BCUT2D eigenvalue weighted by molar-refractivity contribution is 7.99. The molecule has 0 radical (unpaired) electrons. The molecule has 5 heteroatoms. The Hall–Kier alpha value is -0.260. The monoisotopic (exact) mass is 257 g/mol. The lowest BCUT2D eigenvalue weighted by Gasteiger charge is -2.27. The van der Waals surface area contributed by atoms with E-state index in [2.05, 4.69) is 15.5 Å². The second kappa shape index (κ2) is 7.24. The summed E-state index contributed by atoms with van der Waals surface area (Å²) in [6.07, 6.45) is 1.98. The molecule has 0 atom stereocenters. The number of hydrogen-bond donors (Lipinski definition) is 2. The van der Waals surface area contributed by atoms with Gasteiger partial charge >= 0.3 is 0 Å². The molecule has 1 amide bonds. The normalized spacial score (nSPS) is 23.5. The SMILES string of the molecule is O=C(NCCN1CCSCC1)C1CCNCC1. The minimum absolute atomic E-state index is 0.244. The van der Waals surface area contributed by atoms with Crippen LogP contribution in [-0.4, -0.2) is 61.6 Å². The lowest BCUT2D eigenvalue weighted by Crippen LogP contribution is -2.42. The van der Waals surface area contributed by atoms with E-state index in [0.29, 0.717) is 0 Å². The van der Waals surface area contributed by atoms with Crippen LogP contribution in [0.15, 0.2) is 0 Å². The van der Waals surface area contributed by atoms with Crippen molar-refractivity contribution in [3.8, 4) is 0 Å². The van der Waals surface area contributed by atoms with Crippen LogP contribution in [-0.2, 0) is 4.79 Å². The molecule has 0 aromatic rings. The van der Waals surface area contributed by atoms with Gasteiger partial charge in [0.1, 0.15) is 0 Å². The molecule has 0 aliphatic carbocycles. The van der Waals surface area contributed by atoms with Gasteiger partial charge in [-0.1, -0.05) is 0 Å². The number of carbonyl (C=O) groups is 1. The van der Waals surface area contributed by atoms with Gasteiger partial charge in [0.25, 0.3) is 0 Å². The van der Waals surface area contributed by atoms with Gasteiger partial charge in [0.05, 0.1) is 0 Å². The lowest BCUT2D eigenvalue weighted by molar-refractivity contribution is -0.125. The second-order valence-electron chi connectivity index (χ2n) is 4.77. The number of carbonyl (C=O) groups excluding carboxylic acids is 1. The fraction of sp³-hybridized carbons (Fsp3) is 0.917. The minimum atomic E-state index is 0.244. The molecule has 2 rings (SSSR count). The van der Waals surface area contributed by atoms with Gasteiger partial charge in [-0.2, -0.15) is 11.8 Å². The van der Waals surface area contributed by atoms with Crippen LogP contribution >= 0.6 is 11.8 Å². The molecule has 2 aliphatic rings. The topological polar surface area (TPSA) is 44.4 Å². The third-order valence-corrected chi connectivity index (χ3v) is 4.48. The maximum absolute atomic E-state index is 11.9. The van der Waals surface area contributed by atoms with E-state index in [4.69, 9.17) is 0 Å². The van der Waals surface area contributed by atoms with Gasteiger partial charge in [0.2, 0.25) is 5.91 Å². The Bertz CT molecular complexity index is 238. The summed E-state index contributed by atoms with van der Waals surface area (Å²) < 4.78 is 0. The third kappa shape index (κ3) is 4.48. The predicted octanol–water partition coefficient (Wildman–Crippen LogP) is 0.151. The molecule has 4 nitrogen and oxygen atoms in total. The molecule has 2 fully saturated rings. The Kier molecular flexibility index (Phi) is 5.61. The van der Waals surface area contributed by atoms with Gasteiger partial charge in [-0.05, 0) is 25.9 Å². The number of nitrogens with one attached hydrogen (secondary N) is 2. The Morgan fingerprint density at radius 3 is 2.71 bits per heavy atom. The van der Waals surface area contributed by atoms with Gasteiger partial charge in [-0.25, -0.2) is 0 Å². The predicted molar refractivity (Wildman–Crippen MR) is 72.4 cm³/mol. The summed E-state index contributed by atoms with van der Waals surface area (Å²) in [7, 11) is 0. The Labute approximate surface area is 108 Å². The highest BCUT2D eigenvalue weighted by atomic mass is 32.2. The minimum Gasteiger partial charge on any atom is -0.355 e. The van der Waals surface area contributed by atoms with Crippen molar-refractivity contribution in [1.29, 1.82) is 0 Å². The molecular weight excluding hydrogens is 234 g/mol. The molecule has 2 aliphatic heterocycles. The van der Waals surface area contributed by atoms with Crippen LogP contribution in [0.25, 0.3) is 0 Å². The maximum atomic E-state index is 11.9. The molecule has 0 spiro atoms. The van der Waals surface area contributed by atoms with E-state index in [1.54, 1.807) is 0 Å². The molecule has 2 N–H and O–H groups in total. The van der Waals surface area contributed by atoms with Crippen LogP contribution in [0.4, 0.5) is 0 Å². The molecule has 98 valence electrons. The number of amides is 1. The average molecular weight is 257 g/mol. The van der Waals surface area contributed by atoms with Crippen molar-refractivity contribution in [2.75, 3.05) is 50.8 Å². The molecule has 0 saturated carbocycles. The summed E-state index contributed by atoms with van der Waals surface area (Å²) in [6.45, 7) is 6.15. The quantitative estimate of drug-likeness (QED) is 0.752. The zero-order valence-corrected chi connectivity index (χ0v) is 11.2. The first-order valence-electron chi connectivity index (χ1n) is 6.65. The molecule has 0 bridgehead atoms. The zero-order chi connectivity index (χ0) is 11.9. The Morgan fingerprint density at radius 2 is 2.00 bits per heavy atom. The Balaban J connectivity index is 1.58. The van der Waals surface area contributed by atoms with Crippen molar-refractivity contribution in [2.24, 2.45) is 5.92 Å². The van der Waals surface area contributed by atoms with E-state index in [9.17, 15) is 4.79 Å². The number of nitrogens with zero attached hydrogens (tertiary/aromatic N) is 1. The molecular formula is C12H23N3OS. The van der Waals surface area contributed by atoms with E-state index < -0.39 is 0 Å². The highest BCUT2D eigenvalue weighted by Gasteiger charge is 2.20. The standard InChI is InChI=1S/C12H23N3OS/c16-12(11-1-3-13-4-2-11)14-5-6-15-7-9-17-10-8-15/h11,13H,1-10H2,(H,14,16). The van der Waals surface area contributed by atoms with Crippen molar-refractivity contribution >= 4 is 17.7 Å². The zero-order valence-electron chi connectivity index (χ0n) is 10.4. The second-order valence-corrected chi connectivity index (χ2v) is 5.99. The van der Waals surface area contributed by atoms with E-state index in [1.807, 2.05) is 11.8 Å². The molecule has 0 aromatic heterocycles. The van der Waals surface area contributed by atoms with Crippen molar-refractivity contribution in [3.05, 3.63) is 0 Å². The van der Waals surface area contributed by atoms with Gasteiger partial charge in [-0.3, -0.25) is 9.69 Å². The van der Waals surface area contributed by atoms with Gasteiger partial charge in [0, 0.05) is 43.6 Å². The van der Waals surface area contributed by atoms with Crippen molar-refractivity contribution in [2.45, 2.75) is 12.8 Å². The summed E-state index contributed by atoms with van der Waals surface area (Å²) in [5.41, 5.74) is 0. The number of rotatable bonds is 4. The lowest BCUT2D eigenvalue weighted by atomic mass is 9.97. The van der Waals surface area contributed by atoms with Crippen molar-refractivity contribution in [1.82, 2.24) is 15.5 Å². The van der Waals surface area contributed by atoms with E-state index in [1.165, 1.54) is 24.6 Å². The van der Waals surface area contributed by atoms with E-state index in [-0.39, 0.29) is 11.8 Å². The van der Waals surface area contributed by atoms with Gasteiger partial charge in [-0.15, -0.1) is 0 Å². The average Bonchev–Trinajstić information content (AvgIpc) is 2.41. The maximum Gasteiger partial charge on any atom is 0.223 e. The molecule has 0 unspecified atom stereocenters. The first-order valence-corrected chi connectivity index (χ1v) is 7.80. The van der Waals surface area contributed by atoms with Crippen molar-refractivity contribution in [3.63, 3.8) is 0 Å². The van der Waals surface area contributed by atoms with Crippen LogP contribution < -0.4 is 10.6 Å². The van der Waals surface area contributed by atoms with Crippen molar-refractivity contribution < 1.29 is 4.79 Å². The van der Waals surface area contributed by atoms with E-state index in [0.717, 1.165) is 39.0 Å². The van der Waals surface area contributed by atoms with Gasteiger partial charge < -0.3 is 10.6 Å². The van der Waals surface area contributed by atoms with Crippen LogP contribution in [0.2, 0.25) is 0 Å². The van der Waals surface area contributed by atoms with Crippen LogP contribution in [0.1, 0.15) is 12.8 Å². The summed E-state index contributed by atoms with van der Waals surface area (Å²) in [4.78, 5) is 14.3. The smallest absolute Gasteiger partial charge is 0.223 e. The summed E-state index contributed by atoms with van der Waals surface area (Å²) in [5.74, 6) is 2.98. The summed E-state index contributed by atoms with van der Waals surface area (Å²) >= 11 is 2.03. The molecule has 2 saturated heterocycles. The fourth-order valence-electron chi connectivity index (χ4n) is 2.39. The summed E-state index contributed by atoms with van der Waals surface area (Å²) in [5, 5.41) is 6.37. The fourth-order valence-corrected chi connectivity index (χ4v) is 3.37. The number of thioether (sulfide) groups is 1. The first kappa shape index (κ1) is 13.2. The van der Waals surface area contributed by atoms with Crippen LogP contribution in [0, 0.1) is 5.92 Å². The van der Waals surface area contributed by atoms with E-state index >= 15 is 0 Å². The summed E-state index contributed by atoms with van der Waals surface area (Å²) in [6, 6.07) is 0. The Morgan fingerprint density at radius 1 is 1.29 bits per heavy atom. The van der Waals surface area contributed by atoms with Gasteiger partial charge in [0.15, 0.2) is 0 Å². The highest BCUT2D eigenvalue weighted by Crippen LogP contribution is 2.11. The van der Waals surface area contributed by atoms with Crippen LogP contribution in [0.5, 0.6) is 0 Å².